The third-order valence-electron chi connectivity index (χ3n) is 0.382. The van der Waals surface area contributed by atoms with E-state index in [1.54, 1.807) is 0 Å². The summed E-state index contributed by atoms with van der Waals surface area (Å²) < 4.78 is 10.9. The van der Waals surface area contributed by atoms with Crippen LogP contribution in [0.4, 0.5) is 4.39 Å². The highest BCUT2D eigenvalue weighted by atomic mass is 19.1. The van der Waals surface area contributed by atoms with Crippen LogP contribution in [0.25, 0.3) is 0 Å². The average Bonchev–Trinajstić information content (AvgIpc) is 1.61. The predicted octanol–water partition coefficient (Wildman–Crippen LogP) is 0.944. The molecular weight excluding hydrogens is 99.0 g/mol. The maximum Gasteiger partial charge on any atom is 0.307 e. The molecule has 0 amide bonds. The van der Waals surface area contributed by atoms with Gasteiger partial charge in [-0.1, -0.05) is 0 Å². The second kappa shape index (κ2) is 3.33. The molecule has 0 aromatic carbocycles. The smallest absolute Gasteiger partial charge is 0.307 e. The van der Waals surface area contributed by atoms with Crippen LogP contribution in [0.1, 0.15) is 6.42 Å². The van der Waals surface area contributed by atoms with Crippen LogP contribution in [0, 0.1) is 0 Å². The maximum absolute atomic E-state index is 10.9. The highest BCUT2D eigenvalue weighted by molar-refractivity contribution is 5.68. The Hall–Kier alpha value is -0.860. The highest BCUT2D eigenvalue weighted by Crippen LogP contribution is 1.80. The lowest BCUT2D eigenvalue weighted by Crippen LogP contribution is -1.88. The van der Waals surface area contributed by atoms with Crippen LogP contribution < -0.4 is 0 Å². The summed E-state index contributed by atoms with van der Waals surface area (Å²) in [6, 6.07) is 0. The van der Waals surface area contributed by atoms with E-state index < -0.39 is 5.97 Å². The Labute approximate surface area is 40.3 Å². The molecule has 0 saturated carbocycles. The minimum Gasteiger partial charge on any atom is -0.481 e. The number of aliphatic carboxylic acids is 1. The number of carbonyl (C=O) groups is 1. The van der Waals surface area contributed by atoms with Gasteiger partial charge in [0.1, 0.15) is 0 Å². The summed E-state index contributed by atoms with van der Waals surface area (Å²) in [6.45, 7) is 0. The van der Waals surface area contributed by atoms with Gasteiger partial charge in [-0.05, 0) is 6.08 Å². The molecule has 0 rings (SSSR count). The Morgan fingerprint density at radius 1 is 1.86 bits per heavy atom. The van der Waals surface area contributed by atoms with Crippen molar-refractivity contribution in [3.63, 3.8) is 0 Å². The Bertz CT molecular complexity index is 87.7. The van der Waals surface area contributed by atoms with Crippen LogP contribution in [-0.2, 0) is 4.79 Å². The summed E-state index contributed by atoms with van der Waals surface area (Å²) in [4.78, 5) is 9.54. The number of carboxylic acids is 1. The zero-order valence-corrected chi connectivity index (χ0v) is 3.60. The van der Waals surface area contributed by atoms with Gasteiger partial charge >= 0.3 is 5.97 Å². The van der Waals surface area contributed by atoms with Crippen molar-refractivity contribution in [3.05, 3.63) is 12.4 Å². The number of hydrogen-bond donors (Lipinski definition) is 1. The largest absolute Gasteiger partial charge is 0.481 e. The van der Waals surface area contributed by atoms with Crippen molar-refractivity contribution in [2.45, 2.75) is 6.42 Å². The lowest BCUT2D eigenvalue weighted by Gasteiger charge is -1.76. The maximum atomic E-state index is 10.9. The number of carboxylic acid groups (broad SMARTS) is 1. The molecule has 3 heteroatoms. The summed E-state index contributed by atoms with van der Waals surface area (Å²) in [5.41, 5.74) is 0. The lowest BCUT2D eigenvalue weighted by atomic mass is 10.4. The van der Waals surface area contributed by atoms with Crippen LogP contribution >= 0.6 is 0 Å². The fourth-order valence-electron chi connectivity index (χ4n) is 0.145. The van der Waals surface area contributed by atoms with Crippen molar-refractivity contribution >= 4 is 5.97 Å². The monoisotopic (exact) mass is 104 g/mol. The van der Waals surface area contributed by atoms with Crippen molar-refractivity contribution in [3.8, 4) is 0 Å². The SMILES string of the molecule is O=C(O)C/C=C/F. The van der Waals surface area contributed by atoms with Gasteiger partial charge in [-0.15, -0.1) is 0 Å². The van der Waals surface area contributed by atoms with Gasteiger partial charge in [0.2, 0.25) is 0 Å². The number of rotatable bonds is 2. The lowest BCUT2D eigenvalue weighted by molar-refractivity contribution is -0.136. The molecule has 0 unspecified atom stereocenters. The van der Waals surface area contributed by atoms with Gasteiger partial charge in [0.05, 0.1) is 12.8 Å². The second-order valence-electron chi connectivity index (χ2n) is 0.960. The molecule has 0 aliphatic rings. The normalized spacial score (nSPS) is 9.86. The van der Waals surface area contributed by atoms with Gasteiger partial charge in [-0.25, -0.2) is 4.39 Å². The summed E-state index contributed by atoms with van der Waals surface area (Å²) >= 11 is 0. The molecule has 0 atom stereocenters. The van der Waals surface area contributed by atoms with E-state index in [1.165, 1.54) is 0 Å². The first-order valence-electron chi connectivity index (χ1n) is 1.74. The van der Waals surface area contributed by atoms with Gasteiger partial charge in [0.15, 0.2) is 0 Å². The van der Waals surface area contributed by atoms with Crippen molar-refractivity contribution in [1.82, 2.24) is 0 Å². The molecule has 40 valence electrons. The van der Waals surface area contributed by atoms with E-state index in [2.05, 4.69) is 0 Å². The zero-order chi connectivity index (χ0) is 5.70. The number of hydrogen-bond acceptors (Lipinski definition) is 1. The van der Waals surface area contributed by atoms with Crippen molar-refractivity contribution < 1.29 is 14.3 Å². The van der Waals surface area contributed by atoms with E-state index in [-0.39, 0.29) is 12.8 Å². The summed E-state index contributed by atoms with van der Waals surface area (Å²) in [5.74, 6) is -1.02. The van der Waals surface area contributed by atoms with Crippen LogP contribution in [0.3, 0.4) is 0 Å². The Morgan fingerprint density at radius 3 is 2.57 bits per heavy atom. The topological polar surface area (TPSA) is 37.3 Å². The van der Waals surface area contributed by atoms with Crippen LogP contribution in [0.2, 0.25) is 0 Å². The molecule has 0 bridgehead atoms. The summed E-state index contributed by atoms with van der Waals surface area (Å²) in [6.07, 6.45) is 0.910. The molecular formula is C4H5FO2. The van der Waals surface area contributed by atoms with Gasteiger partial charge in [-0.2, -0.15) is 0 Å². The molecule has 0 aromatic rings. The molecule has 0 radical (unpaired) electrons. The van der Waals surface area contributed by atoms with Crippen molar-refractivity contribution in [1.29, 1.82) is 0 Å². The third kappa shape index (κ3) is 5.14. The molecule has 0 aliphatic carbocycles. The Balaban J connectivity index is 3.14. The molecule has 1 N–H and O–H groups in total. The minimum atomic E-state index is -1.02. The first-order chi connectivity index (χ1) is 3.27. The average molecular weight is 104 g/mol. The first-order valence-corrected chi connectivity index (χ1v) is 1.74. The molecule has 2 nitrogen and oxygen atoms in total. The van der Waals surface area contributed by atoms with Gasteiger partial charge in [0, 0.05) is 0 Å². The number of halogens is 1. The second-order valence-corrected chi connectivity index (χ2v) is 0.960. The summed E-state index contributed by atoms with van der Waals surface area (Å²) in [5, 5.41) is 7.83. The fraction of sp³-hybridized carbons (Fsp3) is 0.250. The highest BCUT2D eigenvalue weighted by Gasteiger charge is 1.86. The van der Waals surface area contributed by atoms with Crippen LogP contribution in [-0.4, -0.2) is 11.1 Å². The van der Waals surface area contributed by atoms with E-state index in [0.29, 0.717) is 0 Å². The molecule has 7 heavy (non-hydrogen) atoms. The third-order valence-corrected chi connectivity index (χ3v) is 0.382. The standard InChI is InChI=1S/C4H5FO2/c5-3-1-2-4(6)7/h1,3H,2H2,(H,6,7)/b3-1+. The van der Waals surface area contributed by atoms with Crippen LogP contribution in [0.5, 0.6) is 0 Å². The summed E-state index contributed by atoms with van der Waals surface area (Å²) in [7, 11) is 0. The molecule has 0 aromatic heterocycles. The Kier molecular flexibility index (Phi) is 2.92. The van der Waals surface area contributed by atoms with E-state index in [4.69, 9.17) is 5.11 Å². The first kappa shape index (κ1) is 6.14. The molecule has 0 saturated heterocycles. The molecule has 0 aliphatic heterocycles. The quantitative estimate of drug-likeness (QED) is 0.566. The minimum absolute atomic E-state index is 0.216. The Morgan fingerprint density at radius 2 is 2.43 bits per heavy atom. The predicted molar refractivity (Wildman–Crippen MR) is 22.5 cm³/mol. The molecule has 0 heterocycles. The van der Waals surface area contributed by atoms with Gasteiger partial charge < -0.3 is 5.11 Å². The van der Waals surface area contributed by atoms with Gasteiger partial charge in [-0.3, -0.25) is 4.79 Å². The van der Waals surface area contributed by atoms with E-state index in [0.717, 1.165) is 6.08 Å². The van der Waals surface area contributed by atoms with Crippen molar-refractivity contribution in [2.75, 3.05) is 0 Å². The van der Waals surface area contributed by atoms with Gasteiger partial charge in [0.25, 0.3) is 0 Å². The molecule has 0 spiro atoms. The van der Waals surface area contributed by atoms with E-state index in [1.807, 2.05) is 0 Å². The van der Waals surface area contributed by atoms with Crippen molar-refractivity contribution in [2.24, 2.45) is 0 Å². The van der Waals surface area contributed by atoms with Crippen LogP contribution in [0.15, 0.2) is 12.4 Å². The zero-order valence-electron chi connectivity index (χ0n) is 3.60. The fourth-order valence-corrected chi connectivity index (χ4v) is 0.145. The van der Waals surface area contributed by atoms with E-state index in [9.17, 15) is 9.18 Å². The van der Waals surface area contributed by atoms with E-state index >= 15 is 0 Å². The molecule has 0 fully saturated rings.